The van der Waals surface area contributed by atoms with Crippen LogP contribution >= 0.6 is 0 Å². The van der Waals surface area contributed by atoms with Gasteiger partial charge < -0.3 is 10.4 Å². The van der Waals surface area contributed by atoms with E-state index < -0.39 is 5.97 Å². The molecule has 0 aromatic heterocycles. The fraction of sp³-hybridized carbons (Fsp3) is 0.300. The summed E-state index contributed by atoms with van der Waals surface area (Å²) >= 11 is 0. The molecule has 4 rings (SSSR count). The van der Waals surface area contributed by atoms with Gasteiger partial charge in [0.25, 0.3) is 0 Å². The highest BCUT2D eigenvalue weighted by Gasteiger charge is 2.61. The third-order valence-electron chi connectivity index (χ3n) is 5.52. The second-order valence-corrected chi connectivity index (χ2v) is 6.89. The smallest absolute Gasteiger partial charge is 0.336 e. The van der Waals surface area contributed by atoms with Crippen LogP contribution in [0, 0.1) is 12.8 Å². The van der Waals surface area contributed by atoms with Crippen LogP contribution in [0.2, 0.25) is 0 Å². The monoisotopic (exact) mass is 321 g/mol. The van der Waals surface area contributed by atoms with E-state index in [2.05, 4.69) is 23.5 Å². The predicted octanol–water partition coefficient (Wildman–Crippen LogP) is 3.54. The van der Waals surface area contributed by atoms with E-state index in [1.165, 1.54) is 17.2 Å². The first-order chi connectivity index (χ1) is 11.5. The Balaban J connectivity index is 1.53. The van der Waals surface area contributed by atoms with Gasteiger partial charge in [0.15, 0.2) is 0 Å². The van der Waals surface area contributed by atoms with Crippen LogP contribution in [0.3, 0.4) is 0 Å². The Morgan fingerprint density at radius 1 is 1.21 bits per heavy atom. The molecule has 4 nitrogen and oxygen atoms in total. The summed E-state index contributed by atoms with van der Waals surface area (Å²) in [6.07, 6.45) is 2.94. The molecular weight excluding hydrogens is 302 g/mol. The van der Waals surface area contributed by atoms with Crippen LogP contribution in [0.15, 0.2) is 42.5 Å². The summed E-state index contributed by atoms with van der Waals surface area (Å²) in [6.45, 7) is 1.75. The van der Waals surface area contributed by atoms with Crippen molar-refractivity contribution >= 4 is 17.6 Å². The topological polar surface area (TPSA) is 66.4 Å². The molecule has 2 unspecified atom stereocenters. The molecule has 24 heavy (non-hydrogen) atoms. The van der Waals surface area contributed by atoms with Gasteiger partial charge in [0.2, 0.25) is 5.91 Å². The van der Waals surface area contributed by atoms with E-state index in [1.807, 2.05) is 6.07 Å². The minimum Gasteiger partial charge on any atom is -0.478 e. The van der Waals surface area contributed by atoms with E-state index in [4.69, 9.17) is 0 Å². The first-order valence-electron chi connectivity index (χ1n) is 8.24. The molecule has 0 heterocycles. The normalized spacial score (nSPS) is 23.8. The summed E-state index contributed by atoms with van der Waals surface area (Å²) < 4.78 is 0. The summed E-state index contributed by atoms with van der Waals surface area (Å²) in [6, 6.07) is 13.4. The maximum atomic E-state index is 12.7. The molecule has 0 saturated heterocycles. The first-order valence-corrected chi connectivity index (χ1v) is 8.24. The van der Waals surface area contributed by atoms with Gasteiger partial charge in [-0.05, 0) is 55.0 Å². The lowest BCUT2D eigenvalue weighted by atomic mass is 9.95. The molecule has 122 valence electrons. The van der Waals surface area contributed by atoms with Crippen molar-refractivity contribution < 1.29 is 14.7 Å². The zero-order chi connectivity index (χ0) is 16.9. The van der Waals surface area contributed by atoms with Crippen LogP contribution in [-0.4, -0.2) is 17.0 Å². The van der Waals surface area contributed by atoms with Crippen LogP contribution in [0.1, 0.15) is 39.9 Å². The molecule has 4 heteroatoms. The van der Waals surface area contributed by atoms with Crippen molar-refractivity contribution in [2.24, 2.45) is 5.92 Å². The van der Waals surface area contributed by atoms with E-state index in [1.54, 1.807) is 19.1 Å². The lowest BCUT2D eigenvalue weighted by molar-refractivity contribution is -0.117. The van der Waals surface area contributed by atoms with Gasteiger partial charge in [0.1, 0.15) is 0 Å². The van der Waals surface area contributed by atoms with Crippen molar-refractivity contribution in [3.8, 4) is 0 Å². The number of anilines is 1. The van der Waals surface area contributed by atoms with Crippen molar-refractivity contribution in [3.63, 3.8) is 0 Å². The molecule has 0 bridgehead atoms. The molecule has 1 saturated carbocycles. The van der Waals surface area contributed by atoms with E-state index in [0.29, 0.717) is 11.3 Å². The summed E-state index contributed by atoms with van der Waals surface area (Å²) in [5.74, 6) is -1.00. The van der Waals surface area contributed by atoms with Crippen LogP contribution in [-0.2, 0) is 16.6 Å². The first kappa shape index (κ1) is 14.9. The quantitative estimate of drug-likeness (QED) is 0.909. The van der Waals surface area contributed by atoms with E-state index in [9.17, 15) is 14.7 Å². The Labute approximate surface area is 140 Å². The fourth-order valence-electron chi connectivity index (χ4n) is 4.10. The van der Waals surface area contributed by atoms with E-state index >= 15 is 0 Å². The fourth-order valence-corrected chi connectivity index (χ4v) is 4.10. The van der Waals surface area contributed by atoms with Gasteiger partial charge >= 0.3 is 5.97 Å². The molecule has 2 atom stereocenters. The number of hydrogen-bond acceptors (Lipinski definition) is 2. The Hall–Kier alpha value is -2.62. The Kier molecular flexibility index (Phi) is 3.23. The number of carbonyl (C=O) groups excluding carboxylic acids is 1. The molecule has 2 aliphatic carbocycles. The third-order valence-corrected chi connectivity index (χ3v) is 5.52. The standard InChI is InChI=1S/C20H19NO3/c1-12-6-7-14(10-15(12)19(23)24)21-18(22)17-11-20(17)9-8-13-4-2-3-5-16(13)20/h2-7,10,17H,8-9,11H2,1H3,(H,21,22)(H,23,24). The number of benzene rings is 2. The minimum absolute atomic E-state index is 0.000994. The molecule has 2 N–H and O–H groups in total. The van der Waals surface area contributed by atoms with Crippen molar-refractivity contribution in [1.82, 2.24) is 0 Å². The van der Waals surface area contributed by atoms with Gasteiger partial charge in [-0.3, -0.25) is 4.79 Å². The van der Waals surface area contributed by atoms with Gasteiger partial charge in [-0.25, -0.2) is 4.79 Å². The van der Waals surface area contributed by atoms with Crippen molar-refractivity contribution in [3.05, 3.63) is 64.7 Å². The summed E-state index contributed by atoms with van der Waals surface area (Å²) in [5, 5.41) is 12.1. The molecular formula is C20H19NO3. The number of aromatic carboxylic acids is 1. The van der Waals surface area contributed by atoms with Crippen molar-refractivity contribution in [2.45, 2.75) is 31.6 Å². The second kappa shape index (κ2) is 5.20. The number of hydrogen-bond donors (Lipinski definition) is 2. The van der Waals surface area contributed by atoms with E-state index in [0.717, 1.165) is 19.3 Å². The highest BCUT2D eigenvalue weighted by atomic mass is 16.4. The van der Waals surface area contributed by atoms with Crippen molar-refractivity contribution in [1.29, 1.82) is 0 Å². The van der Waals surface area contributed by atoms with Crippen LogP contribution in [0.25, 0.3) is 0 Å². The zero-order valence-electron chi connectivity index (χ0n) is 13.5. The van der Waals surface area contributed by atoms with Gasteiger partial charge in [0, 0.05) is 17.0 Å². The van der Waals surface area contributed by atoms with Crippen LogP contribution < -0.4 is 5.32 Å². The maximum absolute atomic E-state index is 12.7. The number of aryl methyl sites for hydroxylation is 2. The minimum atomic E-state index is -0.976. The highest BCUT2D eigenvalue weighted by Crippen LogP contribution is 2.61. The predicted molar refractivity (Wildman–Crippen MR) is 91.3 cm³/mol. The lowest BCUT2D eigenvalue weighted by Crippen LogP contribution is -2.20. The molecule has 1 fully saturated rings. The number of carboxylic acids is 1. The number of rotatable bonds is 3. The SMILES string of the molecule is Cc1ccc(NC(=O)C2CC23CCc2ccccc23)cc1C(=O)O. The van der Waals surface area contributed by atoms with Crippen LogP contribution in [0.4, 0.5) is 5.69 Å². The summed E-state index contributed by atoms with van der Waals surface area (Å²) in [7, 11) is 0. The van der Waals surface area contributed by atoms with Gasteiger partial charge in [-0.2, -0.15) is 0 Å². The average Bonchev–Trinajstić information content (AvgIpc) is 3.19. The highest BCUT2D eigenvalue weighted by molar-refractivity contribution is 5.98. The number of carboxylic acid groups (broad SMARTS) is 1. The number of amides is 1. The second-order valence-electron chi connectivity index (χ2n) is 6.89. The largest absolute Gasteiger partial charge is 0.478 e. The Bertz CT molecular complexity index is 858. The van der Waals surface area contributed by atoms with Gasteiger partial charge in [-0.15, -0.1) is 0 Å². The molecule has 2 aromatic carbocycles. The number of carbonyl (C=O) groups is 2. The lowest BCUT2D eigenvalue weighted by Gasteiger charge is -2.12. The van der Waals surface area contributed by atoms with Gasteiger partial charge in [-0.1, -0.05) is 30.3 Å². The average molecular weight is 321 g/mol. The molecule has 1 amide bonds. The maximum Gasteiger partial charge on any atom is 0.336 e. The molecule has 2 aromatic rings. The molecule has 1 spiro atoms. The van der Waals surface area contributed by atoms with Gasteiger partial charge in [0.05, 0.1) is 5.56 Å². The van der Waals surface area contributed by atoms with Crippen molar-refractivity contribution in [2.75, 3.05) is 5.32 Å². The number of fused-ring (bicyclic) bond motifs is 2. The molecule has 2 aliphatic rings. The van der Waals surface area contributed by atoms with E-state index in [-0.39, 0.29) is 22.8 Å². The van der Waals surface area contributed by atoms with Crippen LogP contribution in [0.5, 0.6) is 0 Å². The molecule has 0 radical (unpaired) electrons. The Morgan fingerprint density at radius 3 is 2.79 bits per heavy atom. The summed E-state index contributed by atoms with van der Waals surface area (Å²) in [4.78, 5) is 23.9. The zero-order valence-corrected chi connectivity index (χ0v) is 13.5. The Morgan fingerprint density at radius 2 is 2.00 bits per heavy atom. The number of nitrogens with one attached hydrogen (secondary N) is 1. The third kappa shape index (κ3) is 2.21. The summed E-state index contributed by atoms with van der Waals surface area (Å²) in [5.41, 5.74) is 4.15. The molecule has 0 aliphatic heterocycles.